The van der Waals surface area contributed by atoms with Crippen molar-refractivity contribution in [1.29, 1.82) is 0 Å². The summed E-state index contributed by atoms with van der Waals surface area (Å²) in [4.78, 5) is 0. The first-order chi connectivity index (χ1) is 7.24. The van der Waals surface area contributed by atoms with E-state index in [4.69, 9.17) is 11.6 Å². The molecule has 2 heteroatoms. The second-order valence-corrected chi connectivity index (χ2v) is 5.09. The molecule has 1 saturated carbocycles. The van der Waals surface area contributed by atoms with Gasteiger partial charge in [0.2, 0.25) is 0 Å². The molecule has 1 N–H and O–H groups in total. The van der Waals surface area contributed by atoms with Crippen LogP contribution >= 0.6 is 11.6 Å². The van der Waals surface area contributed by atoms with Crippen LogP contribution in [0.5, 0.6) is 0 Å². The van der Waals surface area contributed by atoms with E-state index in [-0.39, 0.29) is 0 Å². The summed E-state index contributed by atoms with van der Waals surface area (Å²) in [6, 6.07) is 0.634. The number of hydrogen-bond acceptors (Lipinski definition) is 1. The molecule has 0 aromatic carbocycles. The van der Waals surface area contributed by atoms with Crippen molar-refractivity contribution < 1.29 is 0 Å². The molecule has 1 fully saturated rings. The molecule has 1 nitrogen and oxygen atoms in total. The van der Waals surface area contributed by atoms with E-state index in [9.17, 15) is 0 Å². The third-order valence-electron chi connectivity index (χ3n) is 3.50. The molecule has 1 atom stereocenters. The van der Waals surface area contributed by atoms with Crippen LogP contribution in [-0.4, -0.2) is 12.6 Å². The highest BCUT2D eigenvalue weighted by atomic mass is 35.5. The van der Waals surface area contributed by atoms with Gasteiger partial charge >= 0.3 is 0 Å². The predicted molar refractivity (Wildman–Crippen MR) is 68.3 cm³/mol. The third-order valence-corrected chi connectivity index (χ3v) is 3.87. The number of hydrogen-bond donors (Lipinski definition) is 1. The third kappa shape index (κ3) is 5.03. The molecule has 1 aliphatic carbocycles. The number of nitrogens with one attached hydrogen (secondary N) is 1. The van der Waals surface area contributed by atoms with E-state index in [0.717, 1.165) is 12.5 Å². The summed E-state index contributed by atoms with van der Waals surface area (Å²) < 4.78 is 0. The highest BCUT2D eigenvalue weighted by Gasteiger charge is 2.18. The van der Waals surface area contributed by atoms with Crippen molar-refractivity contribution >= 4 is 11.6 Å². The Morgan fingerprint density at radius 3 is 2.47 bits per heavy atom. The minimum absolute atomic E-state index is 0.634. The number of rotatable bonds is 4. The largest absolute Gasteiger partial charge is 0.310 e. The van der Waals surface area contributed by atoms with Crippen LogP contribution in [0.25, 0.3) is 0 Å². The van der Waals surface area contributed by atoms with E-state index in [0.29, 0.717) is 6.04 Å². The van der Waals surface area contributed by atoms with Crippen LogP contribution in [-0.2, 0) is 0 Å². The molecular formula is C13H24ClN. The van der Waals surface area contributed by atoms with E-state index in [1.807, 2.05) is 0 Å². The fourth-order valence-electron chi connectivity index (χ4n) is 2.34. The highest BCUT2D eigenvalue weighted by Crippen LogP contribution is 2.25. The van der Waals surface area contributed by atoms with Gasteiger partial charge in [0, 0.05) is 18.1 Å². The van der Waals surface area contributed by atoms with E-state index in [1.165, 1.54) is 44.1 Å². The first kappa shape index (κ1) is 13.1. The second kappa shape index (κ2) is 7.29. The Kier molecular flexibility index (Phi) is 6.35. The molecule has 15 heavy (non-hydrogen) atoms. The quantitative estimate of drug-likeness (QED) is 0.717. The van der Waals surface area contributed by atoms with Crippen LogP contribution < -0.4 is 5.32 Å². The van der Waals surface area contributed by atoms with Gasteiger partial charge in [0.1, 0.15) is 0 Å². The van der Waals surface area contributed by atoms with Gasteiger partial charge in [0.25, 0.3) is 0 Å². The molecule has 0 unspecified atom stereocenters. The topological polar surface area (TPSA) is 12.0 Å². The lowest BCUT2D eigenvalue weighted by atomic mass is 9.93. The molecule has 0 aromatic rings. The van der Waals surface area contributed by atoms with Crippen molar-refractivity contribution in [1.82, 2.24) is 5.32 Å². The van der Waals surface area contributed by atoms with Crippen LogP contribution in [0.4, 0.5) is 0 Å². The maximum Gasteiger partial charge on any atom is 0.0176 e. The van der Waals surface area contributed by atoms with Crippen molar-refractivity contribution in [2.45, 2.75) is 58.4 Å². The van der Waals surface area contributed by atoms with Crippen molar-refractivity contribution in [2.75, 3.05) is 6.54 Å². The van der Waals surface area contributed by atoms with Gasteiger partial charge in [-0.15, -0.1) is 0 Å². The molecule has 1 rings (SSSR count). The lowest BCUT2D eigenvalue weighted by Crippen LogP contribution is -2.34. The fourth-order valence-corrected chi connectivity index (χ4v) is 2.42. The van der Waals surface area contributed by atoms with Crippen molar-refractivity contribution in [3.63, 3.8) is 0 Å². The zero-order valence-electron chi connectivity index (χ0n) is 10.1. The van der Waals surface area contributed by atoms with Gasteiger partial charge in [0.05, 0.1) is 0 Å². The van der Waals surface area contributed by atoms with Gasteiger partial charge in [-0.2, -0.15) is 0 Å². The SMILES string of the molecule is CC(=CCl)CN[C@H](C)C1CCCCCC1. The maximum atomic E-state index is 5.65. The van der Waals surface area contributed by atoms with Gasteiger partial charge in [0.15, 0.2) is 0 Å². The lowest BCUT2D eigenvalue weighted by Gasteiger charge is -2.23. The molecular weight excluding hydrogens is 206 g/mol. The Balaban J connectivity index is 2.28. The van der Waals surface area contributed by atoms with Crippen LogP contribution in [0.3, 0.4) is 0 Å². The van der Waals surface area contributed by atoms with Crippen LogP contribution in [0.2, 0.25) is 0 Å². The van der Waals surface area contributed by atoms with Crippen molar-refractivity contribution in [3.8, 4) is 0 Å². The molecule has 0 heterocycles. The van der Waals surface area contributed by atoms with Gasteiger partial charge < -0.3 is 5.32 Å². The maximum absolute atomic E-state index is 5.65. The minimum Gasteiger partial charge on any atom is -0.310 e. The zero-order valence-corrected chi connectivity index (χ0v) is 10.8. The van der Waals surface area contributed by atoms with E-state index in [2.05, 4.69) is 19.2 Å². The molecule has 0 amide bonds. The molecule has 0 saturated heterocycles. The zero-order chi connectivity index (χ0) is 11.1. The molecule has 0 aliphatic heterocycles. The van der Waals surface area contributed by atoms with Crippen LogP contribution in [0, 0.1) is 5.92 Å². The standard InChI is InChI=1S/C13H24ClN/c1-11(9-14)10-15-12(2)13-7-5-3-4-6-8-13/h9,12-13,15H,3-8,10H2,1-2H3/t12-/m1/s1. The first-order valence-electron chi connectivity index (χ1n) is 6.23. The van der Waals surface area contributed by atoms with Crippen molar-refractivity contribution in [3.05, 3.63) is 11.1 Å². The first-order valence-corrected chi connectivity index (χ1v) is 6.67. The smallest absolute Gasteiger partial charge is 0.0176 e. The Morgan fingerprint density at radius 2 is 1.93 bits per heavy atom. The van der Waals surface area contributed by atoms with Crippen molar-refractivity contribution in [2.24, 2.45) is 5.92 Å². The van der Waals surface area contributed by atoms with Crippen LogP contribution in [0.15, 0.2) is 11.1 Å². The Hall–Kier alpha value is -0.0100. The van der Waals surface area contributed by atoms with Gasteiger partial charge in [-0.05, 0) is 38.2 Å². The van der Waals surface area contributed by atoms with E-state index >= 15 is 0 Å². The minimum atomic E-state index is 0.634. The van der Waals surface area contributed by atoms with Gasteiger partial charge in [-0.1, -0.05) is 37.3 Å². The summed E-state index contributed by atoms with van der Waals surface area (Å²) in [7, 11) is 0. The monoisotopic (exact) mass is 229 g/mol. The average Bonchev–Trinajstić information content (AvgIpc) is 2.53. The highest BCUT2D eigenvalue weighted by molar-refractivity contribution is 6.25. The Morgan fingerprint density at radius 1 is 1.33 bits per heavy atom. The summed E-state index contributed by atoms with van der Waals surface area (Å²) in [6.45, 7) is 5.32. The lowest BCUT2D eigenvalue weighted by molar-refractivity contribution is 0.345. The normalized spacial score (nSPS) is 22.5. The Labute approximate surface area is 99.3 Å². The molecule has 0 bridgehead atoms. The summed E-state index contributed by atoms with van der Waals surface area (Å²) in [6.07, 6.45) is 8.51. The van der Waals surface area contributed by atoms with Crippen LogP contribution in [0.1, 0.15) is 52.4 Å². The van der Waals surface area contributed by atoms with E-state index in [1.54, 1.807) is 5.54 Å². The van der Waals surface area contributed by atoms with Gasteiger partial charge in [-0.25, -0.2) is 0 Å². The molecule has 0 spiro atoms. The molecule has 1 aliphatic rings. The van der Waals surface area contributed by atoms with Gasteiger partial charge in [-0.3, -0.25) is 0 Å². The predicted octanol–water partition coefficient (Wildman–Crippen LogP) is 4.08. The summed E-state index contributed by atoms with van der Waals surface area (Å²) in [5.74, 6) is 0.871. The molecule has 0 radical (unpaired) electrons. The molecule has 88 valence electrons. The summed E-state index contributed by atoms with van der Waals surface area (Å²) >= 11 is 5.65. The Bertz CT molecular complexity index is 193. The van der Waals surface area contributed by atoms with E-state index < -0.39 is 0 Å². The fraction of sp³-hybridized carbons (Fsp3) is 0.846. The molecule has 0 aromatic heterocycles. The second-order valence-electron chi connectivity index (χ2n) is 4.88. The summed E-state index contributed by atoms with van der Waals surface area (Å²) in [5, 5.41) is 3.58. The summed E-state index contributed by atoms with van der Waals surface area (Å²) in [5.41, 5.74) is 2.89. The average molecular weight is 230 g/mol. The number of halogens is 1.